The summed E-state index contributed by atoms with van der Waals surface area (Å²) in [5.41, 5.74) is 0. The van der Waals surface area contributed by atoms with Crippen LogP contribution in [0.25, 0.3) is 0 Å². The van der Waals surface area contributed by atoms with Crippen LogP contribution in [0.15, 0.2) is 0 Å². The Labute approximate surface area is 511 Å². The van der Waals surface area contributed by atoms with Crippen LogP contribution in [0.2, 0.25) is 0 Å². The van der Waals surface area contributed by atoms with Crippen molar-refractivity contribution in [3.63, 3.8) is 0 Å². The highest BCUT2D eigenvalue weighted by Crippen LogP contribution is 2.45. The lowest BCUT2D eigenvalue weighted by Gasteiger charge is -2.21. The van der Waals surface area contributed by atoms with Crippen LogP contribution >= 0.6 is 15.6 Å². The molecule has 0 aromatic carbocycles. The van der Waals surface area contributed by atoms with Crippen molar-refractivity contribution in [1.82, 2.24) is 0 Å². The zero-order valence-electron chi connectivity index (χ0n) is 54.5. The van der Waals surface area contributed by atoms with Crippen molar-refractivity contribution in [1.29, 1.82) is 0 Å². The summed E-state index contributed by atoms with van der Waals surface area (Å²) in [6, 6.07) is 0. The minimum Gasteiger partial charge on any atom is -0.462 e. The number of ether oxygens (including phenoxy) is 4. The normalized spacial score (nSPS) is 14.7. The fourth-order valence-electron chi connectivity index (χ4n) is 9.57. The van der Waals surface area contributed by atoms with Gasteiger partial charge in [-0.1, -0.05) is 261 Å². The van der Waals surface area contributed by atoms with Crippen molar-refractivity contribution in [2.24, 2.45) is 23.7 Å². The van der Waals surface area contributed by atoms with Gasteiger partial charge < -0.3 is 33.8 Å². The Morgan fingerprint density at radius 2 is 0.571 bits per heavy atom. The summed E-state index contributed by atoms with van der Waals surface area (Å²) < 4.78 is 68.0. The summed E-state index contributed by atoms with van der Waals surface area (Å²) in [6.07, 6.45) is 35.0. The molecule has 0 heterocycles. The Balaban J connectivity index is 5.23. The minimum absolute atomic E-state index is 0.102. The number of unbranched alkanes of at least 4 members (excludes halogenated alkanes) is 27. The highest BCUT2D eigenvalue weighted by molar-refractivity contribution is 7.47. The zero-order valence-corrected chi connectivity index (χ0v) is 56.3. The fraction of sp³-hybridized carbons (Fsp3) is 0.938. The number of hydrogen-bond acceptors (Lipinski definition) is 15. The highest BCUT2D eigenvalue weighted by Gasteiger charge is 2.30. The number of phosphoric acid groups is 2. The van der Waals surface area contributed by atoms with E-state index in [2.05, 4.69) is 55.4 Å². The van der Waals surface area contributed by atoms with Gasteiger partial charge in [-0.15, -0.1) is 0 Å². The van der Waals surface area contributed by atoms with Gasteiger partial charge >= 0.3 is 39.5 Å². The van der Waals surface area contributed by atoms with Crippen LogP contribution in [0.4, 0.5) is 0 Å². The van der Waals surface area contributed by atoms with E-state index < -0.39 is 97.5 Å². The predicted molar refractivity (Wildman–Crippen MR) is 335 cm³/mol. The average Bonchev–Trinajstić information content (AvgIpc) is 3.49. The van der Waals surface area contributed by atoms with Crippen molar-refractivity contribution >= 4 is 39.5 Å². The topological polar surface area (TPSA) is 237 Å². The lowest BCUT2D eigenvalue weighted by Crippen LogP contribution is -2.30. The molecule has 0 aliphatic carbocycles. The number of rotatable bonds is 62. The van der Waals surface area contributed by atoms with Gasteiger partial charge in [0.2, 0.25) is 0 Å². The lowest BCUT2D eigenvalue weighted by atomic mass is 9.99. The lowest BCUT2D eigenvalue weighted by molar-refractivity contribution is -0.161. The van der Waals surface area contributed by atoms with E-state index in [-0.39, 0.29) is 25.7 Å². The molecule has 0 aliphatic rings. The van der Waals surface area contributed by atoms with E-state index in [1.54, 1.807) is 0 Å². The maximum atomic E-state index is 13.0. The fourth-order valence-corrected chi connectivity index (χ4v) is 11.2. The molecule has 0 aromatic rings. The molecule has 0 radical (unpaired) electrons. The molecule has 4 unspecified atom stereocenters. The molecule has 0 fully saturated rings. The molecule has 84 heavy (non-hydrogen) atoms. The molecule has 0 saturated heterocycles. The quantitative estimate of drug-likeness (QED) is 0.0222. The van der Waals surface area contributed by atoms with Crippen LogP contribution in [0, 0.1) is 23.7 Å². The molecule has 0 saturated carbocycles. The van der Waals surface area contributed by atoms with E-state index in [4.69, 9.17) is 37.0 Å². The second-order valence-electron chi connectivity index (χ2n) is 25.2. The second kappa shape index (κ2) is 55.2. The van der Waals surface area contributed by atoms with E-state index in [1.165, 1.54) is 109 Å². The Kier molecular flexibility index (Phi) is 53.9. The summed E-state index contributed by atoms with van der Waals surface area (Å²) >= 11 is 0. The van der Waals surface area contributed by atoms with Crippen LogP contribution in [-0.2, 0) is 65.4 Å². The number of carbonyl (C=O) groups is 4. The maximum absolute atomic E-state index is 13.0. The Morgan fingerprint density at radius 3 is 0.845 bits per heavy atom. The number of aliphatic hydroxyl groups is 1. The van der Waals surface area contributed by atoms with Crippen molar-refractivity contribution in [3.05, 3.63) is 0 Å². The molecule has 6 atom stereocenters. The highest BCUT2D eigenvalue weighted by atomic mass is 31.2. The van der Waals surface area contributed by atoms with Crippen LogP contribution in [-0.4, -0.2) is 96.7 Å². The average molecular weight is 1240 g/mol. The van der Waals surface area contributed by atoms with Gasteiger partial charge in [-0.25, -0.2) is 9.13 Å². The summed E-state index contributed by atoms with van der Waals surface area (Å²) in [6.45, 7) is 13.9. The molecular formula is C65H126O17P2. The van der Waals surface area contributed by atoms with Gasteiger partial charge in [0.1, 0.15) is 19.3 Å². The number of aliphatic hydroxyl groups excluding tert-OH is 1. The predicted octanol–water partition coefficient (Wildman–Crippen LogP) is 17.8. The van der Waals surface area contributed by atoms with Crippen molar-refractivity contribution in [2.45, 2.75) is 331 Å². The molecule has 0 rings (SSSR count). The number of esters is 4. The van der Waals surface area contributed by atoms with E-state index in [0.29, 0.717) is 43.4 Å². The molecular weight excluding hydrogens is 1110 g/mol. The Bertz CT molecular complexity index is 1680. The summed E-state index contributed by atoms with van der Waals surface area (Å²) in [5, 5.41) is 10.5. The SMILES string of the molecule is CCC(C)CCCCCCCCCCCCC(=O)OC[C@H](COP(=O)(O)OCC(O)COP(=O)(O)OC[C@@H](COC(=O)CCCCCCCCCC(C)C)OC(=O)CCCCCCCCCC(C)C)OC(=O)CCCCCCCCCC(C)C. The Hall–Kier alpha value is -1.94. The molecule has 19 heteroatoms. The van der Waals surface area contributed by atoms with Gasteiger partial charge in [0.25, 0.3) is 0 Å². The number of hydrogen-bond donors (Lipinski definition) is 3. The molecule has 0 bridgehead atoms. The van der Waals surface area contributed by atoms with Gasteiger partial charge in [-0.3, -0.25) is 37.3 Å². The minimum atomic E-state index is -4.95. The van der Waals surface area contributed by atoms with E-state index in [0.717, 1.165) is 102 Å². The third-order valence-corrected chi connectivity index (χ3v) is 17.1. The molecule has 0 spiro atoms. The number of carbonyl (C=O) groups excluding carboxylic acids is 4. The molecule has 0 amide bonds. The standard InChI is InChI=1S/C65H126O17P2/c1-9-58(8)44-36-28-20-12-10-11-13-21-29-37-45-62(67)75-51-60(81-64(69)47-39-31-23-15-18-26-34-42-56(4)5)53-79-83(71,72)77-49-59(66)50-78-84(73,74)80-54-61(82-65(70)48-40-32-24-16-19-27-35-43-57(6)7)52-76-63(68)46-38-30-22-14-17-25-33-41-55(2)3/h55-61,66H,9-54H2,1-8H3,(H,71,72)(H,73,74)/t58?,59?,60-,61-/m1/s1. The van der Waals surface area contributed by atoms with E-state index in [1.807, 2.05) is 0 Å². The zero-order chi connectivity index (χ0) is 62.5. The van der Waals surface area contributed by atoms with E-state index in [9.17, 15) is 43.2 Å². The van der Waals surface area contributed by atoms with Crippen molar-refractivity contribution in [2.75, 3.05) is 39.6 Å². The molecule has 3 N–H and O–H groups in total. The molecule has 498 valence electrons. The Morgan fingerprint density at radius 1 is 0.333 bits per heavy atom. The van der Waals surface area contributed by atoms with Gasteiger partial charge in [0.15, 0.2) is 12.2 Å². The van der Waals surface area contributed by atoms with Crippen molar-refractivity contribution in [3.8, 4) is 0 Å². The third kappa shape index (κ3) is 57.8. The first-order valence-corrected chi connectivity index (χ1v) is 36.7. The summed E-state index contributed by atoms with van der Waals surface area (Å²) in [5.74, 6) is 0.765. The van der Waals surface area contributed by atoms with Gasteiger partial charge in [-0.05, 0) is 49.4 Å². The van der Waals surface area contributed by atoms with Gasteiger partial charge in [-0.2, -0.15) is 0 Å². The van der Waals surface area contributed by atoms with Crippen LogP contribution in [0.5, 0.6) is 0 Å². The smallest absolute Gasteiger partial charge is 0.462 e. The largest absolute Gasteiger partial charge is 0.472 e. The molecule has 0 aliphatic heterocycles. The number of phosphoric ester groups is 2. The van der Waals surface area contributed by atoms with Crippen LogP contribution in [0.1, 0.15) is 312 Å². The maximum Gasteiger partial charge on any atom is 0.472 e. The first kappa shape index (κ1) is 82.1. The van der Waals surface area contributed by atoms with Crippen LogP contribution < -0.4 is 0 Å². The second-order valence-corrected chi connectivity index (χ2v) is 28.1. The van der Waals surface area contributed by atoms with Crippen LogP contribution in [0.3, 0.4) is 0 Å². The van der Waals surface area contributed by atoms with Gasteiger partial charge in [0.05, 0.1) is 26.4 Å². The summed E-state index contributed by atoms with van der Waals surface area (Å²) in [4.78, 5) is 72.2. The monoisotopic (exact) mass is 1240 g/mol. The molecule has 17 nitrogen and oxygen atoms in total. The van der Waals surface area contributed by atoms with Crippen molar-refractivity contribution < 1.29 is 80.2 Å². The first-order chi connectivity index (χ1) is 40.1. The summed E-state index contributed by atoms with van der Waals surface area (Å²) in [7, 11) is -9.89. The van der Waals surface area contributed by atoms with Gasteiger partial charge in [0, 0.05) is 25.7 Å². The first-order valence-electron chi connectivity index (χ1n) is 33.7. The van der Waals surface area contributed by atoms with E-state index >= 15 is 0 Å². The third-order valence-electron chi connectivity index (χ3n) is 15.2. The molecule has 0 aromatic heterocycles.